The number of carbonyl (C=O) groups is 4. The van der Waals surface area contributed by atoms with Crippen molar-refractivity contribution >= 4 is 144 Å². The number of para-hydroxylation sites is 2. The molecule has 0 fully saturated rings. The second-order valence-electron chi connectivity index (χ2n) is 21.5. The first-order valence-electron chi connectivity index (χ1n) is 31.5. The fourth-order valence-electron chi connectivity index (χ4n) is 10.6. The SMILES string of the molecule is CCC(=O)NCc1ccc2ccc3cccc4ccc1c2c34.CCC(=O)NCc1ccc2ccc3cccc4ccc1c2c34.CCC(=O)O.CCC(=O)O.COCCOC.COc1ccccc1OC.CSCCSC.NCc1ccc2ccc3cccc4ccc1c2c34. The van der Waals surface area contributed by atoms with E-state index in [4.69, 9.17) is 25.4 Å². The Bertz CT molecular complexity index is 4220. The molecule has 0 aliphatic carbocycles. The Kier molecular flexibility index (Phi) is 30.7. The van der Waals surface area contributed by atoms with Gasteiger partial charge in [0.15, 0.2) is 11.5 Å². The molecule has 0 aliphatic rings. The first-order valence-corrected chi connectivity index (χ1v) is 34.2. The van der Waals surface area contributed by atoms with Crippen molar-refractivity contribution in [1.29, 1.82) is 0 Å². The second-order valence-corrected chi connectivity index (χ2v) is 23.5. The van der Waals surface area contributed by atoms with Crippen LogP contribution >= 0.6 is 23.5 Å². The highest BCUT2D eigenvalue weighted by Gasteiger charge is 2.14. The molecule has 15 heteroatoms. The number of carbonyl (C=O) groups excluding carboxylic acids is 2. The summed E-state index contributed by atoms with van der Waals surface area (Å²) < 4.78 is 19.3. The van der Waals surface area contributed by atoms with Gasteiger partial charge in [0.25, 0.3) is 0 Å². The van der Waals surface area contributed by atoms with Crippen LogP contribution < -0.4 is 25.8 Å². The molecular weight excluding hydrogens is 1220 g/mol. The van der Waals surface area contributed by atoms with E-state index in [0.29, 0.717) is 45.7 Å². The molecule has 0 spiro atoms. The van der Waals surface area contributed by atoms with Crippen LogP contribution in [0.1, 0.15) is 70.1 Å². The number of hydrogen-bond donors (Lipinski definition) is 5. The Balaban J connectivity index is 0.000000183. The molecule has 492 valence electrons. The zero-order valence-corrected chi connectivity index (χ0v) is 57.4. The van der Waals surface area contributed by atoms with Crippen LogP contribution in [0.2, 0.25) is 0 Å². The third kappa shape index (κ3) is 20.0. The predicted molar refractivity (Wildman–Crippen MR) is 399 cm³/mol. The molecule has 6 N–H and O–H groups in total. The third-order valence-corrected chi connectivity index (χ3v) is 17.0. The fourth-order valence-corrected chi connectivity index (χ4v) is 12.0. The van der Waals surface area contributed by atoms with Gasteiger partial charge in [0.05, 0.1) is 27.4 Å². The molecular formula is C79H89N3O10S2. The van der Waals surface area contributed by atoms with Gasteiger partial charge < -0.3 is 45.5 Å². The van der Waals surface area contributed by atoms with E-state index in [9.17, 15) is 19.2 Å². The summed E-state index contributed by atoms with van der Waals surface area (Å²) >= 11 is 3.81. The van der Waals surface area contributed by atoms with Crippen LogP contribution in [-0.4, -0.2) is 99.6 Å². The summed E-state index contributed by atoms with van der Waals surface area (Å²) in [5, 5.41) is 44.6. The molecule has 0 saturated carbocycles. The number of hydrogen-bond acceptors (Lipinski definition) is 11. The maximum atomic E-state index is 11.5. The van der Waals surface area contributed by atoms with Gasteiger partial charge in [-0.15, -0.1) is 0 Å². The summed E-state index contributed by atoms with van der Waals surface area (Å²) in [6.45, 7) is 10.1. The molecule has 94 heavy (non-hydrogen) atoms. The summed E-state index contributed by atoms with van der Waals surface area (Å²) in [6, 6.07) is 65.9. The maximum absolute atomic E-state index is 11.5. The summed E-state index contributed by atoms with van der Waals surface area (Å²) in [5.74, 6) is 2.81. The van der Waals surface area contributed by atoms with Crippen molar-refractivity contribution in [3.8, 4) is 11.5 Å². The van der Waals surface area contributed by atoms with Gasteiger partial charge in [-0.3, -0.25) is 19.2 Å². The summed E-state index contributed by atoms with van der Waals surface area (Å²) in [6.07, 6.45) is 5.75. The van der Waals surface area contributed by atoms with Crippen molar-refractivity contribution in [1.82, 2.24) is 10.6 Å². The Morgan fingerprint density at radius 3 is 0.894 bits per heavy atom. The van der Waals surface area contributed by atoms with Crippen LogP contribution in [0.3, 0.4) is 0 Å². The van der Waals surface area contributed by atoms with Crippen molar-refractivity contribution < 1.29 is 48.3 Å². The van der Waals surface area contributed by atoms with Gasteiger partial charge in [-0.1, -0.05) is 204 Å². The van der Waals surface area contributed by atoms with Crippen molar-refractivity contribution in [3.05, 3.63) is 205 Å². The van der Waals surface area contributed by atoms with E-state index in [-0.39, 0.29) is 24.7 Å². The normalized spacial score (nSPS) is 10.5. The number of amides is 2. The highest BCUT2D eigenvalue weighted by atomic mass is 32.2. The molecule has 0 atom stereocenters. The average Bonchev–Trinajstić information content (AvgIpc) is 0.764. The fraction of sp³-hybridized carbons (Fsp3) is 0.266. The van der Waals surface area contributed by atoms with Crippen molar-refractivity contribution in [3.63, 3.8) is 0 Å². The van der Waals surface area contributed by atoms with Gasteiger partial charge in [-0.25, -0.2) is 0 Å². The topological polar surface area (TPSA) is 196 Å². The van der Waals surface area contributed by atoms with E-state index in [1.54, 1.807) is 42.3 Å². The minimum Gasteiger partial charge on any atom is -0.493 e. The first kappa shape index (κ1) is 74.1. The minimum atomic E-state index is -0.745. The van der Waals surface area contributed by atoms with Gasteiger partial charge in [0, 0.05) is 71.0 Å². The van der Waals surface area contributed by atoms with Crippen LogP contribution in [0, 0.1) is 0 Å². The number of carboxylic acids is 2. The van der Waals surface area contributed by atoms with Crippen LogP contribution in [0.4, 0.5) is 0 Å². The lowest BCUT2D eigenvalue weighted by atomic mass is 9.92. The van der Waals surface area contributed by atoms with Gasteiger partial charge in [0.1, 0.15) is 0 Å². The number of nitrogens with one attached hydrogen (secondary N) is 2. The number of thioether (sulfide) groups is 2. The summed E-state index contributed by atoms with van der Waals surface area (Å²) in [5.41, 5.74) is 9.42. The molecule has 13 aromatic carbocycles. The van der Waals surface area contributed by atoms with Crippen molar-refractivity contribution in [2.75, 3.05) is 65.7 Å². The largest absolute Gasteiger partial charge is 0.493 e. The lowest BCUT2D eigenvalue weighted by molar-refractivity contribution is -0.137. The van der Waals surface area contributed by atoms with Gasteiger partial charge in [0.2, 0.25) is 11.8 Å². The quantitative estimate of drug-likeness (QED) is 0.0427. The smallest absolute Gasteiger partial charge is 0.303 e. The molecule has 0 radical (unpaired) electrons. The third-order valence-electron chi connectivity index (χ3n) is 15.5. The monoisotopic (exact) mass is 1300 g/mol. The van der Waals surface area contributed by atoms with E-state index >= 15 is 0 Å². The molecule has 0 saturated heterocycles. The van der Waals surface area contributed by atoms with E-state index in [1.165, 1.54) is 125 Å². The Morgan fingerprint density at radius 1 is 0.372 bits per heavy atom. The van der Waals surface area contributed by atoms with E-state index in [2.05, 4.69) is 196 Å². The molecule has 13 aromatic rings. The number of ether oxygens (including phenoxy) is 4. The zero-order chi connectivity index (χ0) is 67.9. The van der Waals surface area contributed by atoms with Crippen LogP contribution in [0.15, 0.2) is 188 Å². The number of carboxylic acid groups (broad SMARTS) is 2. The predicted octanol–water partition coefficient (Wildman–Crippen LogP) is 17.9. The number of benzene rings is 13. The average molecular weight is 1300 g/mol. The van der Waals surface area contributed by atoms with Gasteiger partial charge >= 0.3 is 11.9 Å². The van der Waals surface area contributed by atoms with Crippen LogP contribution in [-0.2, 0) is 48.3 Å². The van der Waals surface area contributed by atoms with Gasteiger partial charge in [-0.2, -0.15) is 23.5 Å². The molecule has 0 heterocycles. The number of nitrogens with two attached hydrogens (primary N) is 1. The molecule has 13 rings (SSSR count). The number of rotatable bonds is 17. The van der Waals surface area contributed by atoms with Crippen molar-refractivity contribution in [2.24, 2.45) is 5.73 Å². The van der Waals surface area contributed by atoms with E-state index in [1.807, 2.05) is 61.6 Å². The summed E-state index contributed by atoms with van der Waals surface area (Å²) in [7, 11) is 6.55. The Labute approximate surface area is 560 Å². The number of aliphatic carboxylic acids is 2. The van der Waals surface area contributed by atoms with Gasteiger partial charge in [-0.05, 0) is 138 Å². The number of methoxy groups -OCH3 is 4. The molecule has 13 nitrogen and oxygen atoms in total. The summed E-state index contributed by atoms with van der Waals surface area (Å²) in [4.78, 5) is 41.8. The minimum absolute atomic E-state index is 0.0886. The second kappa shape index (κ2) is 38.9. The first-order chi connectivity index (χ1) is 45.7. The molecule has 0 unspecified atom stereocenters. The maximum Gasteiger partial charge on any atom is 0.303 e. The lowest BCUT2D eigenvalue weighted by Crippen LogP contribution is -2.21. The van der Waals surface area contributed by atoms with Crippen molar-refractivity contribution in [2.45, 2.75) is 73.0 Å². The zero-order valence-electron chi connectivity index (χ0n) is 55.7. The highest BCUT2D eigenvalue weighted by Crippen LogP contribution is 2.39. The highest BCUT2D eigenvalue weighted by molar-refractivity contribution is 8.02. The Morgan fingerprint density at radius 2 is 0.638 bits per heavy atom. The molecule has 0 bridgehead atoms. The van der Waals surface area contributed by atoms with Crippen LogP contribution in [0.5, 0.6) is 11.5 Å². The van der Waals surface area contributed by atoms with E-state index < -0.39 is 11.9 Å². The Hall–Kier alpha value is -8.96. The van der Waals surface area contributed by atoms with Crippen LogP contribution in [0.25, 0.3) is 97.0 Å². The van der Waals surface area contributed by atoms with E-state index in [0.717, 1.165) is 11.5 Å². The molecule has 2 amide bonds. The molecule has 0 aliphatic heterocycles. The lowest BCUT2D eigenvalue weighted by Gasteiger charge is -2.14. The standard InChI is InChI=1S/2C20H17NO.C17H13N.C8H10O2.C4H10O2.C4H10S2.2C3H6O2/c2*1-2-18(22)21-12-16-9-8-15-7-6-13-4-3-5-14-10-11-17(16)20(15)19(13)14;18-10-14-7-6-13-5-4-11-2-1-3-12-8-9-15(14)17(13)16(11)12;1-9-7-5-3-4-6-8(7)10-2;2*1-5-3-4-6-2;2*1-2-3(4)5/h2*3-11H,2,12H2,1H3,(H,21,22);1-9H,10,18H2;3-6H,1-2H3;2*3-4H2,1-2H3;2*2H2,1H3,(H,4,5). The molecule has 0 aromatic heterocycles.